The molecule has 0 heterocycles. The molecule has 2 rings (SSSR count). The van der Waals surface area contributed by atoms with Crippen molar-refractivity contribution in [1.29, 1.82) is 0 Å². The molecule has 0 saturated heterocycles. The van der Waals surface area contributed by atoms with Gasteiger partial charge in [0, 0.05) is 15.8 Å². The fourth-order valence-corrected chi connectivity index (χ4v) is 3.03. The SMILES string of the molecule is C/C(=N/NC(=O)CSCc1ccccc1Cl)c1ccc(Cl)cc1. The van der Waals surface area contributed by atoms with Crippen molar-refractivity contribution in [3.63, 3.8) is 0 Å². The summed E-state index contributed by atoms with van der Waals surface area (Å²) in [7, 11) is 0. The first-order valence-electron chi connectivity index (χ1n) is 6.96. The number of nitrogens with zero attached hydrogens (tertiary/aromatic N) is 1. The fourth-order valence-electron chi connectivity index (χ4n) is 1.80. The van der Waals surface area contributed by atoms with Crippen LogP contribution in [0.2, 0.25) is 10.0 Å². The highest BCUT2D eigenvalue weighted by molar-refractivity contribution is 7.99. The zero-order valence-electron chi connectivity index (χ0n) is 12.6. The van der Waals surface area contributed by atoms with Crippen LogP contribution in [-0.4, -0.2) is 17.4 Å². The molecule has 0 aliphatic carbocycles. The van der Waals surface area contributed by atoms with Crippen LogP contribution < -0.4 is 5.43 Å². The van der Waals surface area contributed by atoms with E-state index in [0.29, 0.717) is 16.5 Å². The monoisotopic (exact) mass is 366 g/mol. The maximum atomic E-state index is 11.8. The lowest BCUT2D eigenvalue weighted by Gasteiger charge is -2.05. The van der Waals surface area contributed by atoms with E-state index < -0.39 is 0 Å². The molecular formula is C17H16Cl2N2OS. The van der Waals surface area contributed by atoms with Gasteiger partial charge in [0.1, 0.15) is 0 Å². The molecule has 0 saturated carbocycles. The minimum Gasteiger partial charge on any atom is -0.272 e. The molecule has 0 spiro atoms. The summed E-state index contributed by atoms with van der Waals surface area (Å²) in [6, 6.07) is 14.9. The summed E-state index contributed by atoms with van der Waals surface area (Å²) in [6.45, 7) is 1.83. The van der Waals surface area contributed by atoms with Crippen molar-refractivity contribution in [2.75, 3.05) is 5.75 Å². The standard InChI is InChI=1S/C17H16Cl2N2OS/c1-12(13-6-8-15(18)9-7-13)20-21-17(22)11-23-10-14-4-2-3-5-16(14)19/h2-9H,10-11H2,1H3,(H,21,22)/b20-12-. The largest absolute Gasteiger partial charge is 0.272 e. The van der Waals surface area contributed by atoms with Crippen LogP contribution in [0.3, 0.4) is 0 Å². The van der Waals surface area contributed by atoms with Crippen LogP contribution in [0, 0.1) is 0 Å². The topological polar surface area (TPSA) is 41.5 Å². The highest BCUT2D eigenvalue weighted by Crippen LogP contribution is 2.20. The molecule has 0 atom stereocenters. The molecule has 0 aliphatic rings. The molecule has 23 heavy (non-hydrogen) atoms. The Balaban J connectivity index is 1.79. The predicted octanol–water partition coefficient (Wildman–Crippen LogP) is 4.77. The van der Waals surface area contributed by atoms with E-state index in [0.717, 1.165) is 21.9 Å². The molecule has 2 aromatic carbocycles. The van der Waals surface area contributed by atoms with E-state index in [2.05, 4.69) is 10.5 Å². The molecule has 120 valence electrons. The normalized spacial score (nSPS) is 11.3. The number of hydrazone groups is 1. The lowest BCUT2D eigenvalue weighted by Crippen LogP contribution is -2.21. The summed E-state index contributed by atoms with van der Waals surface area (Å²) in [6.07, 6.45) is 0. The van der Waals surface area contributed by atoms with Crippen molar-refractivity contribution in [1.82, 2.24) is 5.43 Å². The molecule has 3 nitrogen and oxygen atoms in total. The number of amides is 1. The second-order valence-corrected chi connectivity index (χ2v) is 6.65. The van der Waals surface area contributed by atoms with E-state index in [1.54, 1.807) is 12.1 Å². The van der Waals surface area contributed by atoms with E-state index in [-0.39, 0.29) is 5.91 Å². The van der Waals surface area contributed by atoms with Crippen molar-refractivity contribution in [2.24, 2.45) is 5.10 Å². The van der Waals surface area contributed by atoms with E-state index in [1.165, 1.54) is 11.8 Å². The lowest BCUT2D eigenvalue weighted by molar-refractivity contribution is -0.118. The Bertz CT molecular complexity index is 702. The van der Waals surface area contributed by atoms with Gasteiger partial charge in [0.25, 0.3) is 0 Å². The Hall–Kier alpha value is -1.49. The number of thioether (sulfide) groups is 1. The zero-order valence-corrected chi connectivity index (χ0v) is 14.9. The van der Waals surface area contributed by atoms with Gasteiger partial charge >= 0.3 is 0 Å². The molecular weight excluding hydrogens is 351 g/mol. The molecule has 0 fully saturated rings. The van der Waals surface area contributed by atoms with E-state index in [1.807, 2.05) is 43.3 Å². The fraction of sp³-hybridized carbons (Fsp3) is 0.176. The van der Waals surface area contributed by atoms with Gasteiger partial charge in [-0.15, -0.1) is 11.8 Å². The number of hydrogen-bond acceptors (Lipinski definition) is 3. The average Bonchev–Trinajstić information content (AvgIpc) is 2.55. The van der Waals surface area contributed by atoms with E-state index in [4.69, 9.17) is 23.2 Å². The highest BCUT2D eigenvalue weighted by Gasteiger charge is 2.04. The first-order valence-corrected chi connectivity index (χ1v) is 8.87. The van der Waals surface area contributed by atoms with E-state index in [9.17, 15) is 4.79 Å². The maximum absolute atomic E-state index is 11.8. The van der Waals surface area contributed by atoms with Crippen LogP contribution in [0.1, 0.15) is 18.1 Å². The van der Waals surface area contributed by atoms with E-state index >= 15 is 0 Å². The molecule has 0 radical (unpaired) electrons. The number of carbonyl (C=O) groups excluding carboxylic acids is 1. The Morgan fingerprint density at radius 2 is 1.83 bits per heavy atom. The molecule has 0 bridgehead atoms. The minimum absolute atomic E-state index is 0.143. The molecule has 6 heteroatoms. The Morgan fingerprint density at radius 3 is 2.52 bits per heavy atom. The highest BCUT2D eigenvalue weighted by atomic mass is 35.5. The molecule has 1 amide bonds. The summed E-state index contributed by atoms with van der Waals surface area (Å²) in [4.78, 5) is 11.8. The number of benzene rings is 2. The van der Waals surface area contributed by atoms with Crippen molar-refractivity contribution in [3.8, 4) is 0 Å². The van der Waals surface area contributed by atoms with Gasteiger partial charge in [0.05, 0.1) is 11.5 Å². The van der Waals surface area contributed by atoms with Crippen molar-refractivity contribution in [3.05, 3.63) is 69.7 Å². The molecule has 0 unspecified atom stereocenters. The molecule has 0 aromatic heterocycles. The number of rotatable bonds is 6. The lowest BCUT2D eigenvalue weighted by atomic mass is 10.1. The third-order valence-electron chi connectivity index (χ3n) is 3.06. The summed E-state index contributed by atoms with van der Waals surface area (Å²) >= 11 is 13.4. The zero-order chi connectivity index (χ0) is 16.7. The average molecular weight is 367 g/mol. The summed E-state index contributed by atoms with van der Waals surface area (Å²) in [5.41, 5.74) is 5.22. The quantitative estimate of drug-likeness (QED) is 0.590. The summed E-state index contributed by atoms with van der Waals surface area (Å²) in [5.74, 6) is 0.866. The van der Waals surface area contributed by atoms with Crippen LogP contribution in [0.4, 0.5) is 0 Å². The predicted molar refractivity (Wildman–Crippen MR) is 99.4 cm³/mol. The molecule has 2 aromatic rings. The summed E-state index contributed by atoms with van der Waals surface area (Å²) < 4.78 is 0. The van der Waals surface area contributed by atoms with Gasteiger partial charge in [0.2, 0.25) is 5.91 Å². The molecule has 0 aliphatic heterocycles. The van der Waals surface area contributed by atoms with Crippen LogP contribution in [0.5, 0.6) is 0 Å². The summed E-state index contributed by atoms with van der Waals surface area (Å²) in [5, 5.41) is 5.49. The third-order valence-corrected chi connectivity index (χ3v) is 4.66. The van der Waals surface area contributed by atoms with Crippen molar-refractivity contribution >= 4 is 46.6 Å². The van der Waals surface area contributed by atoms with Crippen LogP contribution in [0.25, 0.3) is 0 Å². The van der Waals surface area contributed by atoms with Gasteiger partial charge < -0.3 is 0 Å². The van der Waals surface area contributed by atoms with Gasteiger partial charge in [-0.2, -0.15) is 5.10 Å². The number of nitrogens with one attached hydrogen (secondary N) is 1. The van der Waals surface area contributed by atoms with Gasteiger partial charge in [-0.25, -0.2) is 5.43 Å². The van der Waals surface area contributed by atoms with Crippen molar-refractivity contribution in [2.45, 2.75) is 12.7 Å². The Labute approximate surface area is 150 Å². The number of hydrogen-bond donors (Lipinski definition) is 1. The van der Waals surface area contributed by atoms with Gasteiger partial charge in [-0.3, -0.25) is 4.79 Å². The smallest absolute Gasteiger partial charge is 0.250 e. The third kappa shape index (κ3) is 5.90. The Morgan fingerprint density at radius 1 is 1.13 bits per heavy atom. The maximum Gasteiger partial charge on any atom is 0.250 e. The van der Waals surface area contributed by atoms with Gasteiger partial charge in [-0.1, -0.05) is 53.5 Å². The van der Waals surface area contributed by atoms with Gasteiger partial charge in [0.15, 0.2) is 0 Å². The second kappa shape index (κ2) is 8.96. The second-order valence-electron chi connectivity index (χ2n) is 4.82. The van der Waals surface area contributed by atoms with Crippen LogP contribution >= 0.6 is 35.0 Å². The first kappa shape index (κ1) is 17.9. The van der Waals surface area contributed by atoms with Gasteiger partial charge in [-0.05, 0) is 36.2 Å². The Kier molecular flexibility index (Phi) is 6.96. The minimum atomic E-state index is -0.143. The molecule has 1 N–H and O–H groups in total. The van der Waals surface area contributed by atoms with Crippen molar-refractivity contribution < 1.29 is 4.79 Å². The number of halogens is 2. The first-order chi connectivity index (χ1) is 11.1. The van der Waals surface area contributed by atoms with Crippen LogP contribution in [-0.2, 0) is 10.5 Å². The van der Waals surface area contributed by atoms with Crippen LogP contribution in [0.15, 0.2) is 53.6 Å². The number of carbonyl (C=O) groups is 1.